The third-order valence-corrected chi connectivity index (χ3v) is 5.09. The van der Waals surface area contributed by atoms with Gasteiger partial charge in [0.25, 0.3) is 5.91 Å². The van der Waals surface area contributed by atoms with Crippen molar-refractivity contribution in [3.63, 3.8) is 0 Å². The molecule has 2 saturated carbocycles. The number of nitrogens with zero attached hydrogens (tertiary/aromatic N) is 2. The van der Waals surface area contributed by atoms with E-state index in [0.717, 1.165) is 42.6 Å². The Hall–Kier alpha value is -2.64. The number of amides is 1. The summed E-state index contributed by atoms with van der Waals surface area (Å²) in [6.07, 6.45) is 4.64. The lowest BCUT2D eigenvalue weighted by Gasteiger charge is -2.23. The standard InChI is InChI=1S/C22H23N3O/c23-13-18-3-1-2-4-19(18)15-25(21-11-12-21)14-16-5-7-17(8-6-16)22(26)24-20-9-10-20/h1-8,20-21H,9-12,14-15H2,(H,24,26). The maximum Gasteiger partial charge on any atom is 0.251 e. The number of carbonyl (C=O) groups is 1. The van der Waals surface area contributed by atoms with Crippen molar-refractivity contribution in [1.29, 1.82) is 5.26 Å². The SMILES string of the molecule is N#Cc1ccccc1CN(Cc1ccc(C(=O)NC2CC2)cc1)C1CC1. The van der Waals surface area contributed by atoms with E-state index in [4.69, 9.17) is 0 Å². The lowest BCUT2D eigenvalue weighted by Crippen LogP contribution is -2.26. The first-order valence-corrected chi connectivity index (χ1v) is 9.35. The molecule has 0 saturated heterocycles. The number of nitriles is 1. The second-order valence-corrected chi connectivity index (χ2v) is 7.35. The summed E-state index contributed by atoms with van der Waals surface area (Å²) in [5, 5.41) is 12.3. The average molecular weight is 345 g/mol. The Morgan fingerprint density at radius 3 is 2.42 bits per heavy atom. The van der Waals surface area contributed by atoms with Crippen LogP contribution in [0.5, 0.6) is 0 Å². The van der Waals surface area contributed by atoms with Crippen molar-refractivity contribution in [3.05, 3.63) is 70.8 Å². The van der Waals surface area contributed by atoms with Crippen LogP contribution in [0.2, 0.25) is 0 Å². The Kier molecular flexibility index (Phi) is 4.73. The molecule has 4 nitrogen and oxygen atoms in total. The van der Waals surface area contributed by atoms with Gasteiger partial charge in [-0.2, -0.15) is 5.26 Å². The van der Waals surface area contributed by atoms with E-state index in [9.17, 15) is 10.1 Å². The Balaban J connectivity index is 1.43. The zero-order chi connectivity index (χ0) is 17.9. The molecule has 132 valence electrons. The molecule has 4 rings (SSSR count). The topological polar surface area (TPSA) is 56.1 Å². The molecule has 2 aromatic carbocycles. The summed E-state index contributed by atoms with van der Waals surface area (Å²) >= 11 is 0. The van der Waals surface area contributed by atoms with E-state index >= 15 is 0 Å². The highest BCUT2D eigenvalue weighted by Gasteiger charge is 2.29. The summed E-state index contributed by atoms with van der Waals surface area (Å²) in [7, 11) is 0. The molecule has 0 unspecified atom stereocenters. The highest BCUT2D eigenvalue weighted by molar-refractivity contribution is 5.94. The number of hydrogen-bond acceptors (Lipinski definition) is 3. The van der Waals surface area contributed by atoms with Crippen LogP contribution < -0.4 is 5.32 Å². The predicted molar refractivity (Wildman–Crippen MR) is 100 cm³/mol. The fourth-order valence-electron chi connectivity index (χ4n) is 3.23. The largest absolute Gasteiger partial charge is 0.349 e. The van der Waals surface area contributed by atoms with Crippen LogP contribution in [0.15, 0.2) is 48.5 Å². The van der Waals surface area contributed by atoms with E-state index in [2.05, 4.69) is 16.3 Å². The molecule has 2 aromatic rings. The lowest BCUT2D eigenvalue weighted by molar-refractivity contribution is 0.0951. The molecular weight excluding hydrogens is 322 g/mol. The number of rotatable bonds is 7. The zero-order valence-electron chi connectivity index (χ0n) is 14.8. The number of nitrogens with one attached hydrogen (secondary N) is 1. The molecule has 1 N–H and O–H groups in total. The van der Waals surface area contributed by atoms with Crippen LogP contribution in [0.3, 0.4) is 0 Å². The summed E-state index contributed by atoms with van der Waals surface area (Å²) in [6.45, 7) is 1.63. The van der Waals surface area contributed by atoms with Gasteiger partial charge < -0.3 is 5.32 Å². The third kappa shape index (κ3) is 4.12. The molecule has 0 heterocycles. The van der Waals surface area contributed by atoms with Gasteiger partial charge in [0.1, 0.15) is 0 Å². The second kappa shape index (κ2) is 7.31. The van der Waals surface area contributed by atoms with Crippen LogP contribution in [0.4, 0.5) is 0 Å². The lowest BCUT2D eigenvalue weighted by atomic mass is 10.1. The van der Waals surface area contributed by atoms with Crippen LogP contribution in [0, 0.1) is 11.3 Å². The van der Waals surface area contributed by atoms with Crippen LogP contribution in [-0.4, -0.2) is 22.9 Å². The van der Waals surface area contributed by atoms with Crippen LogP contribution in [0.25, 0.3) is 0 Å². The minimum Gasteiger partial charge on any atom is -0.349 e. The summed E-state index contributed by atoms with van der Waals surface area (Å²) in [6, 6.07) is 19.0. The first kappa shape index (κ1) is 16.8. The molecule has 0 aliphatic heterocycles. The summed E-state index contributed by atoms with van der Waals surface area (Å²) in [5.74, 6) is 0.0287. The van der Waals surface area contributed by atoms with E-state index < -0.39 is 0 Å². The van der Waals surface area contributed by atoms with Crippen LogP contribution in [-0.2, 0) is 13.1 Å². The molecule has 4 heteroatoms. The molecule has 2 aliphatic carbocycles. The molecule has 2 fully saturated rings. The van der Waals surface area contributed by atoms with E-state index in [1.54, 1.807) is 0 Å². The number of benzene rings is 2. The Bertz CT molecular complexity index is 829. The molecule has 1 amide bonds. The minimum absolute atomic E-state index is 0.0287. The smallest absolute Gasteiger partial charge is 0.251 e. The monoisotopic (exact) mass is 345 g/mol. The minimum atomic E-state index is 0.0287. The van der Waals surface area contributed by atoms with Gasteiger partial charge in [-0.15, -0.1) is 0 Å². The molecule has 0 spiro atoms. The van der Waals surface area contributed by atoms with Crippen molar-refractivity contribution >= 4 is 5.91 Å². The van der Waals surface area contributed by atoms with Gasteiger partial charge in [-0.05, 0) is 55.0 Å². The molecular formula is C22H23N3O. The maximum absolute atomic E-state index is 12.1. The van der Waals surface area contributed by atoms with Crippen molar-refractivity contribution in [2.45, 2.75) is 50.9 Å². The molecule has 26 heavy (non-hydrogen) atoms. The van der Waals surface area contributed by atoms with Gasteiger partial charge in [0.2, 0.25) is 0 Å². The predicted octanol–water partition coefficient (Wildman–Crippen LogP) is 3.62. The highest BCUT2D eigenvalue weighted by Crippen LogP contribution is 2.30. The number of hydrogen-bond donors (Lipinski definition) is 1. The van der Waals surface area contributed by atoms with Crippen molar-refractivity contribution in [2.24, 2.45) is 0 Å². The van der Waals surface area contributed by atoms with Crippen molar-refractivity contribution in [2.75, 3.05) is 0 Å². The van der Waals surface area contributed by atoms with E-state index in [0.29, 0.717) is 12.1 Å². The van der Waals surface area contributed by atoms with E-state index in [-0.39, 0.29) is 5.91 Å². The van der Waals surface area contributed by atoms with Crippen LogP contribution in [0.1, 0.15) is 52.7 Å². The normalized spacial score (nSPS) is 16.3. The van der Waals surface area contributed by atoms with Gasteiger partial charge >= 0.3 is 0 Å². The van der Waals surface area contributed by atoms with Gasteiger partial charge in [0, 0.05) is 30.7 Å². The van der Waals surface area contributed by atoms with E-state index in [1.807, 2.05) is 48.5 Å². The zero-order valence-corrected chi connectivity index (χ0v) is 14.8. The summed E-state index contributed by atoms with van der Waals surface area (Å²) in [5.41, 5.74) is 3.77. The van der Waals surface area contributed by atoms with Crippen molar-refractivity contribution < 1.29 is 4.79 Å². The Labute approximate surface area is 154 Å². The summed E-state index contributed by atoms with van der Waals surface area (Å²) < 4.78 is 0. The molecule has 2 aliphatic rings. The quantitative estimate of drug-likeness (QED) is 0.834. The van der Waals surface area contributed by atoms with Gasteiger partial charge in [0.15, 0.2) is 0 Å². The molecule has 0 aromatic heterocycles. The van der Waals surface area contributed by atoms with Gasteiger partial charge in [-0.25, -0.2) is 0 Å². The van der Waals surface area contributed by atoms with Gasteiger partial charge in [-0.1, -0.05) is 30.3 Å². The van der Waals surface area contributed by atoms with Crippen molar-refractivity contribution in [3.8, 4) is 6.07 Å². The van der Waals surface area contributed by atoms with Gasteiger partial charge in [-0.3, -0.25) is 9.69 Å². The Morgan fingerprint density at radius 2 is 1.77 bits per heavy atom. The fraction of sp³-hybridized carbons (Fsp3) is 0.364. The molecule has 0 radical (unpaired) electrons. The number of carbonyl (C=O) groups excluding carboxylic acids is 1. The highest BCUT2D eigenvalue weighted by atomic mass is 16.1. The fourth-order valence-corrected chi connectivity index (χ4v) is 3.23. The third-order valence-electron chi connectivity index (χ3n) is 5.09. The van der Waals surface area contributed by atoms with Crippen LogP contribution >= 0.6 is 0 Å². The average Bonchev–Trinajstić information content (AvgIpc) is 3.56. The Morgan fingerprint density at radius 1 is 1.04 bits per heavy atom. The first-order valence-electron chi connectivity index (χ1n) is 9.35. The van der Waals surface area contributed by atoms with Gasteiger partial charge in [0.05, 0.1) is 11.6 Å². The molecule has 0 bridgehead atoms. The first-order chi connectivity index (χ1) is 12.7. The second-order valence-electron chi connectivity index (χ2n) is 7.35. The molecule has 0 atom stereocenters. The van der Waals surface area contributed by atoms with E-state index in [1.165, 1.54) is 18.4 Å². The maximum atomic E-state index is 12.1. The van der Waals surface area contributed by atoms with Crippen molar-refractivity contribution in [1.82, 2.24) is 10.2 Å². The summed E-state index contributed by atoms with van der Waals surface area (Å²) in [4.78, 5) is 14.5.